The Labute approximate surface area is 139 Å². The molecule has 1 heterocycles. The number of benzene rings is 1. The van der Waals surface area contributed by atoms with Gasteiger partial charge in [-0.25, -0.2) is 4.79 Å². The van der Waals surface area contributed by atoms with E-state index >= 15 is 0 Å². The molecule has 2 amide bonds. The number of pyridine rings is 1. The van der Waals surface area contributed by atoms with Crippen LogP contribution in [0.1, 0.15) is 11.1 Å². The van der Waals surface area contributed by atoms with Crippen LogP contribution in [0.4, 0.5) is 4.79 Å². The molecule has 4 N–H and O–H groups in total. The second-order valence-corrected chi connectivity index (χ2v) is 5.19. The van der Waals surface area contributed by atoms with E-state index in [1.807, 2.05) is 30.3 Å². The SMILES string of the molecule is NC(=O)OC(Cc1cccnc1)C(O)C(=O)NCc1ccccc1. The lowest BCUT2D eigenvalue weighted by Crippen LogP contribution is -2.45. The van der Waals surface area contributed by atoms with E-state index in [0.717, 1.165) is 5.56 Å². The van der Waals surface area contributed by atoms with Crippen molar-refractivity contribution in [2.75, 3.05) is 0 Å². The summed E-state index contributed by atoms with van der Waals surface area (Å²) in [4.78, 5) is 27.1. The van der Waals surface area contributed by atoms with Gasteiger partial charge in [-0.15, -0.1) is 0 Å². The molecule has 0 saturated heterocycles. The van der Waals surface area contributed by atoms with E-state index in [-0.39, 0.29) is 13.0 Å². The number of amides is 2. The summed E-state index contributed by atoms with van der Waals surface area (Å²) in [5, 5.41) is 12.8. The highest BCUT2D eigenvalue weighted by molar-refractivity contribution is 5.81. The van der Waals surface area contributed by atoms with Gasteiger partial charge in [0.2, 0.25) is 0 Å². The third-order valence-corrected chi connectivity index (χ3v) is 3.36. The molecule has 1 aromatic heterocycles. The molecule has 24 heavy (non-hydrogen) atoms. The highest BCUT2D eigenvalue weighted by Gasteiger charge is 2.29. The number of aliphatic hydroxyl groups is 1. The average molecular weight is 329 g/mol. The number of hydrogen-bond acceptors (Lipinski definition) is 5. The van der Waals surface area contributed by atoms with Crippen LogP contribution in [0.3, 0.4) is 0 Å². The molecule has 7 heteroatoms. The van der Waals surface area contributed by atoms with E-state index < -0.39 is 24.2 Å². The number of hydrogen-bond donors (Lipinski definition) is 3. The highest BCUT2D eigenvalue weighted by atomic mass is 16.6. The molecule has 7 nitrogen and oxygen atoms in total. The first kappa shape index (κ1) is 17.4. The minimum Gasteiger partial charge on any atom is -0.443 e. The van der Waals surface area contributed by atoms with Crippen LogP contribution in [-0.4, -0.2) is 34.3 Å². The van der Waals surface area contributed by atoms with Gasteiger partial charge in [0.05, 0.1) is 0 Å². The number of nitrogens with one attached hydrogen (secondary N) is 1. The fourth-order valence-corrected chi connectivity index (χ4v) is 2.18. The topological polar surface area (TPSA) is 115 Å². The van der Waals surface area contributed by atoms with E-state index in [9.17, 15) is 14.7 Å². The van der Waals surface area contributed by atoms with Crippen molar-refractivity contribution in [3.05, 3.63) is 66.0 Å². The van der Waals surface area contributed by atoms with Crippen LogP contribution < -0.4 is 11.1 Å². The average Bonchev–Trinajstić information content (AvgIpc) is 2.60. The second-order valence-electron chi connectivity index (χ2n) is 5.19. The number of aliphatic hydroxyl groups excluding tert-OH is 1. The van der Waals surface area contributed by atoms with Gasteiger partial charge in [0.25, 0.3) is 5.91 Å². The van der Waals surface area contributed by atoms with Crippen molar-refractivity contribution in [3.8, 4) is 0 Å². The third kappa shape index (κ3) is 5.36. The van der Waals surface area contributed by atoms with E-state index in [4.69, 9.17) is 10.5 Å². The molecule has 0 spiro atoms. The molecule has 0 aliphatic carbocycles. The minimum absolute atomic E-state index is 0.122. The summed E-state index contributed by atoms with van der Waals surface area (Å²) < 4.78 is 4.89. The predicted molar refractivity (Wildman–Crippen MR) is 86.7 cm³/mol. The highest BCUT2D eigenvalue weighted by Crippen LogP contribution is 2.10. The lowest BCUT2D eigenvalue weighted by atomic mass is 10.0. The fourth-order valence-electron chi connectivity index (χ4n) is 2.18. The van der Waals surface area contributed by atoms with Crippen LogP contribution in [0.15, 0.2) is 54.9 Å². The number of nitrogens with zero attached hydrogens (tertiary/aromatic N) is 1. The summed E-state index contributed by atoms with van der Waals surface area (Å²) in [7, 11) is 0. The normalized spacial score (nSPS) is 12.9. The van der Waals surface area contributed by atoms with Gasteiger partial charge in [0.15, 0.2) is 6.10 Å². The molecule has 0 radical (unpaired) electrons. The van der Waals surface area contributed by atoms with E-state index in [2.05, 4.69) is 10.3 Å². The van der Waals surface area contributed by atoms with E-state index in [1.54, 1.807) is 24.5 Å². The van der Waals surface area contributed by atoms with Gasteiger partial charge in [0.1, 0.15) is 6.10 Å². The number of aromatic nitrogens is 1. The molecule has 1 aromatic carbocycles. The molecular weight excluding hydrogens is 310 g/mol. The Morgan fingerprint density at radius 3 is 2.50 bits per heavy atom. The third-order valence-electron chi connectivity index (χ3n) is 3.36. The van der Waals surface area contributed by atoms with Crippen molar-refractivity contribution >= 4 is 12.0 Å². The zero-order valence-electron chi connectivity index (χ0n) is 13.0. The van der Waals surface area contributed by atoms with Gasteiger partial charge < -0.3 is 20.9 Å². The lowest BCUT2D eigenvalue weighted by Gasteiger charge is -2.21. The Kier molecular flexibility index (Phi) is 6.27. The van der Waals surface area contributed by atoms with Gasteiger partial charge in [-0.1, -0.05) is 36.4 Å². The van der Waals surface area contributed by atoms with E-state index in [0.29, 0.717) is 5.56 Å². The number of rotatable bonds is 7. The standard InChI is InChI=1S/C17H19N3O4/c18-17(23)24-14(9-13-7-4-8-19-10-13)15(21)16(22)20-11-12-5-2-1-3-6-12/h1-8,10,14-15,21H,9,11H2,(H2,18,23)(H,20,22). The zero-order chi connectivity index (χ0) is 17.4. The smallest absolute Gasteiger partial charge is 0.404 e. The Hall–Kier alpha value is -2.93. The summed E-state index contributed by atoms with van der Waals surface area (Å²) >= 11 is 0. The maximum Gasteiger partial charge on any atom is 0.404 e. The maximum atomic E-state index is 12.1. The van der Waals surface area contributed by atoms with Gasteiger partial charge >= 0.3 is 6.09 Å². The van der Waals surface area contributed by atoms with Crippen LogP contribution in [0.25, 0.3) is 0 Å². The van der Waals surface area contributed by atoms with Crippen molar-refractivity contribution in [1.82, 2.24) is 10.3 Å². The first-order valence-electron chi connectivity index (χ1n) is 7.41. The van der Waals surface area contributed by atoms with Crippen molar-refractivity contribution in [3.63, 3.8) is 0 Å². The Balaban J connectivity index is 1.99. The van der Waals surface area contributed by atoms with Crippen molar-refractivity contribution in [2.24, 2.45) is 5.73 Å². The van der Waals surface area contributed by atoms with Crippen LogP contribution in [0.2, 0.25) is 0 Å². The summed E-state index contributed by atoms with van der Waals surface area (Å²) in [6.07, 6.45) is -0.415. The second kappa shape index (κ2) is 8.64. The molecule has 0 saturated carbocycles. The first-order chi connectivity index (χ1) is 11.6. The maximum absolute atomic E-state index is 12.1. The van der Waals surface area contributed by atoms with Crippen molar-refractivity contribution < 1.29 is 19.4 Å². The monoisotopic (exact) mass is 329 g/mol. The van der Waals surface area contributed by atoms with Crippen molar-refractivity contribution in [2.45, 2.75) is 25.2 Å². The Bertz CT molecular complexity index is 664. The van der Waals surface area contributed by atoms with Crippen molar-refractivity contribution in [1.29, 1.82) is 0 Å². The van der Waals surface area contributed by atoms with Gasteiger partial charge in [0, 0.05) is 25.4 Å². The number of carbonyl (C=O) groups is 2. The quantitative estimate of drug-likeness (QED) is 0.694. The predicted octanol–water partition coefficient (Wildman–Crippen LogP) is 0.765. The minimum atomic E-state index is -1.54. The van der Waals surface area contributed by atoms with Crippen LogP contribution in [0.5, 0.6) is 0 Å². The summed E-state index contributed by atoms with van der Waals surface area (Å²) in [5.74, 6) is -0.644. The summed E-state index contributed by atoms with van der Waals surface area (Å²) in [5.41, 5.74) is 6.62. The van der Waals surface area contributed by atoms with Crippen LogP contribution in [-0.2, 0) is 22.5 Å². The lowest BCUT2D eigenvalue weighted by molar-refractivity contribution is -0.135. The summed E-state index contributed by atoms with van der Waals surface area (Å²) in [6, 6.07) is 12.7. The number of carbonyl (C=O) groups excluding carboxylic acids is 2. The molecule has 2 aromatic rings. The zero-order valence-corrected chi connectivity index (χ0v) is 13.0. The summed E-state index contributed by atoms with van der Waals surface area (Å²) in [6.45, 7) is 0.257. The number of ether oxygens (including phenoxy) is 1. The molecule has 2 atom stereocenters. The Morgan fingerprint density at radius 1 is 1.17 bits per heavy atom. The molecule has 2 rings (SSSR count). The van der Waals surface area contributed by atoms with Gasteiger partial charge in [-0.05, 0) is 17.2 Å². The Morgan fingerprint density at radius 2 is 1.88 bits per heavy atom. The molecule has 2 unspecified atom stereocenters. The molecule has 126 valence electrons. The fraction of sp³-hybridized carbons (Fsp3) is 0.235. The van der Waals surface area contributed by atoms with Gasteiger partial charge in [-0.2, -0.15) is 0 Å². The molecule has 0 aliphatic rings. The molecule has 0 aliphatic heterocycles. The van der Waals surface area contributed by atoms with Gasteiger partial charge in [-0.3, -0.25) is 9.78 Å². The number of primary amides is 1. The molecule has 0 fully saturated rings. The number of nitrogens with two attached hydrogens (primary N) is 1. The largest absolute Gasteiger partial charge is 0.443 e. The molecule has 0 bridgehead atoms. The molecular formula is C17H19N3O4. The van der Waals surface area contributed by atoms with Crippen LogP contribution in [0, 0.1) is 0 Å². The van der Waals surface area contributed by atoms with Crippen LogP contribution >= 0.6 is 0 Å². The first-order valence-corrected chi connectivity index (χ1v) is 7.41. The van der Waals surface area contributed by atoms with E-state index in [1.165, 1.54) is 0 Å².